The van der Waals surface area contributed by atoms with Crippen molar-refractivity contribution in [3.05, 3.63) is 24.3 Å². The maximum Gasteiger partial charge on any atom is 0.123 e. The minimum Gasteiger partial charge on any atom is -0.494 e. The van der Waals surface area contributed by atoms with Crippen molar-refractivity contribution in [2.24, 2.45) is 0 Å². The van der Waals surface area contributed by atoms with Gasteiger partial charge >= 0.3 is 0 Å². The van der Waals surface area contributed by atoms with Gasteiger partial charge in [0.25, 0.3) is 0 Å². The molecule has 1 aromatic rings. The maximum atomic E-state index is 9.23. The fraction of sp³-hybridized carbons (Fsp3) is 0.538. The molecule has 0 spiro atoms. The molecule has 90 valence electrons. The van der Waals surface area contributed by atoms with Crippen LogP contribution in [0.3, 0.4) is 0 Å². The van der Waals surface area contributed by atoms with Gasteiger partial charge in [-0.05, 0) is 32.9 Å². The van der Waals surface area contributed by atoms with E-state index in [1.54, 1.807) is 6.92 Å². The Morgan fingerprint density at radius 3 is 2.56 bits per heavy atom. The number of benzene rings is 1. The highest BCUT2D eigenvalue weighted by Crippen LogP contribution is 2.21. The quantitative estimate of drug-likeness (QED) is 0.807. The standard InChI is InChI=1S/C13H20O3/c1-4-15-12-6-5-7-13(9-12)16-11(3)8-10(2)14/h5-7,9-11,14H,4,8H2,1-3H3. The van der Waals surface area contributed by atoms with Crippen molar-refractivity contribution in [1.82, 2.24) is 0 Å². The molecule has 0 heterocycles. The summed E-state index contributed by atoms with van der Waals surface area (Å²) in [6, 6.07) is 7.55. The van der Waals surface area contributed by atoms with Gasteiger partial charge in [-0.25, -0.2) is 0 Å². The minimum atomic E-state index is -0.343. The lowest BCUT2D eigenvalue weighted by molar-refractivity contribution is 0.115. The van der Waals surface area contributed by atoms with E-state index in [0.717, 1.165) is 11.5 Å². The molecule has 16 heavy (non-hydrogen) atoms. The number of ether oxygens (including phenoxy) is 2. The molecule has 1 N–H and O–H groups in total. The van der Waals surface area contributed by atoms with Crippen molar-refractivity contribution in [1.29, 1.82) is 0 Å². The zero-order chi connectivity index (χ0) is 12.0. The predicted molar refractivity (Wildman–Crippen MR) is 64.0 cm³/mol. The van der Waals surface area contributed by atoms with Crippen LogP contribution in [0.2, 0.25) is 0 Å². The summed E-state index contributed by atoms with van der Waals surface area (Å²) in [7, 11) is 0. The summed E-state index contributed by atoms with van der Waals surface area (Å²) in [5.74, 6) is 1.59. The predicted octanol–water partition coefficient (Wildman–Crippen LogP) is 2.62. The summed E-state index contributed by atoms with van der Waals surface area (Å²) in [6.07, 6.45) is 0.278. The number of rotatable bonds is 6. The summed E-state index contributed by atoms with van der Waals surface area (Å²) in [6.45, 7) is 6.30. The summed E-state index contributed by atoms with van der Waals surface area (Å²) in [5, 5.41) is 9.23. The third-order valence-electron chi connectivity index (χ3n) is 2.13. The van der Waals surface area contributed by atoms with Gasteiger partial charge in [0, 0.05) is 12.5 Å². The van der Waals surface area contributed by atoms with Crippen LogP contribution in [0.25, 0.3) is 0 Å². The molecule has 1 aromatic carbocycles. The van der Waals surface area contributed by atoms with E-state index in [9.17, 15) is 5.11 Å². The Hall–Kier alpha value is -1.22. The van der Waals surface area contributed by atoms with E-state index < -0.39 is 0 Å². The van der Waals surface area contributed by atoms with Gasteiger partial charge in [0.15, 0.2) is 0 Å². The third-order valence-corrected chi connectivity index (χ3v) is 2.13. The zero-order valence-electron chi connectivity index (χ0n) is 10.1. The smallest absolute Gasteiger partial charge is 0.123 e. The summed E-state index contributed by atoms with van der Waals surface area (Å²) >= 11 is 0. The topological polar surface area (TPSA) is 38.7 Å². The van der Waals surface area contributed by atoms with Crippen molar-refractivity contribution in [3.8, 4) is 11.5 Å². The summed E-state index contributed by atoms with van der Waals surface area (Å²) in [5.41, 5.74) is 0. The van der Waals surface area contributed by atoms with Crippen molar-refractivity contribution in [3.63, 3.8) is 0 Å². The van der Waals surface area contributed by atoms with E-state index in [-0.39, 0.29) is 12.2 Å². The normalized spacial score (nSPS) is 14.2. The SMILES string of the molecule is CCOc1cccc(OC(C)CC(C)O)c1. The molecule has 0 bridgehead atoms. The van der Waals surface area contributed by atoms with Crippen molar-refractivity contribution in [2.45, 2.75) is 39.4 Å². The van der Waals surface area contributed by atoms with Crippen LogP contribution in [-0.4, -0.2) is 23.9 Å². The van der Waals surface area contributed by atoms with Gasteiger partial charge in [-0.1, -0.05) is 6.07 Å². The fourth-order valence-corrected chi connectivity index (χ4v) is 1.56. The molecule has 0 saturated carbocycles. The van der Waals surface area contributed by atoms with Crippen LogP contribution < -0.4 is 9.47 Å². The second-order valence-electron chi connectivity index (χ2n) is 3.92. The van der Waals surface area contributed by atoms with E-state index in [1.807, 2.05) is 38.1 Å². The molecule has 2 unspecified atom stereocenters. The lowest BCUT2D eigenvalue weighted by atomic mass is 10.2. The Morgan fingerprint density at radius 1 is 1.25 bits per heavy atom. The number of aliphatic hydroxyl groups is 1. The Balaban J connectivity index is 2.55. The molecule has 2 atom stereocenters. The molecule has 0 amide bonds. The third kappa shape index (κ3) is 4.53. The minimum absolute atomic E-state index is 0.00289. The summed E-state index contributed by atoms with van der Waals surface area (Å²) in [4.78, 5) is 0. The molecule has 0 fully saturated rings. The monoisotopic (exact) mass is 224 g/mol. The van der Waals surface area contributed by atoms with Gasteiger partial charge in [0.05, 0.1) is 18.8 Å². The zero-order valence-corrected chi connectivity index (χ0v) is 10.1. The second kappa shape index (κ2) is 6.38. The molecule has 0 radical (unpaired) electrons. The van der Waals surface area contributed by atoms with Gasteiger partial charge in [0.2, 0.25) is 0 Å². The van der Waals surface area contributed by atoms with E-state index in [1.165, 1.54) is 0 Å². The van der Waals surface area contributed by atoms with Crippen LogP contribution >= 0.6 is 0 Å². The van der Waals surface area contributed by atoms with Crippen LogP contribution in [0, 0.1) is 0 Å². The molecule has 0 saturated heterocycles. The van der Waals surface area contributed by atoms with Gasteiger partial charge in [-0.2, -0.15) is 0 Å². The van der Waals surface area contributed by atoms with Gasteiger partial charge < -0.3 is 14.6 Å². The lowest BCUT2D eigenvalue weighted by Gasteiger charge is -2.16. The molecule has 3 heteroatoms. The Morgan fingerprint density at radius 2 is 1.94 bits per heavy atom. The average Bonchev–Trinajstić information content (AvgIpc) is 2.17. The molecule has 0 aliphatic carbocycles. The first-order chi connectivity index (χ1) is 7.61. The van der Waals surface area contributed by atoms with Gasteiger partial charge in [-0.3, -0.25) is 0 Å². The van der Waals surface area contributed by atoms with Crippen molar-refractivity contribution < 1.29 is 14.6 Å². The van der Waals surface area contributed by atoms with Crippen LogP contribution in [-0.2, 0) is 0 Å². The lowest BCUT2D eigenvalue weighted by Crippen LogP contribution is -2.18. The highest BCUT2D eigenvalue weighted by atomic mass is 16.5. The van der Waals surface area contributed by atoms with Crippen molar-refractivity contribution >= 4 is 0 Å². The summed E-state index contributed by atoms with van der Waals surface area (Å²) < 4.78 is 11.1. The number of aliphatic hydroxyl groups excluding tert-OH is 1. The van der Waals surface area contributed by atoms with Crippen molar-refractivity contribution in [2.75, 3.05) is 6.61 Å². The molecular weight excluding hydrogens is 204 g/mol. The van der Waals surface area contributed by atoms with Crippen LogP contribution in [0.4, 0.5) is 0 Å². The van der Waals surface area contributed by atoms with Gasteiger partial charge in [-0.15, -0.1) is 0 Å². The first-order valence-corrected chi connectivity index (χ1v) is 5.69. The molecule has 3 nitrogen and oxygen atoms in total. The highest BCUT2D eigenvalue weighted by Gasteiger charge is 2.08. The van der Waals surface area contributed by atoms with E-state index in [2.05, 4.69) is 0 Å². The Bertz CT molecular complexity index is 310. The molecular formula is C13H20O3. The van der Waals surface area contributed by atoms with Crippen LogP contribution in [0.5, 0.6) is 11.5 Å². The molecule has 0 aromatic heterocycles. The Kier molecular flexibility index (Phi) is 5.12. The molecule has 1 rings (SSSR count). The maximum absolute atomic E-state index is 9.23. The number of hydrogen-bond acceptors (Lipinski definition) is 3. The van der Waals surface area contributed by atoms with E-state index in [4.69, 9.17) is 9.47 Å². The highest BCUT2D eigenvalue weighted by molar-refractivity contribution is 5.33. The molecule has 0 aliphatic rings. The van der Waals surface area contributed by atoms with E-state index in [0.29, 0.717) is 13.0 Å². The number of hydrogen-bond donors (Lipinski definition) is 1. The Labute approximate surface area is 97.0 Å². The van der Waals surface area contributed by atoms with Crippen LogP contribution in [0.15, 0.2) is 24.3 Å². The van der Waals surface area contributed by atoms with Gasteiger partial charge in [0.1, 0.15) is 11.5 Å². The average molecular weight is 224 g/mol. The fourth-order valence-electron chi connectivity index (χ4n) is 1.56. The largest absolute Gasteiger partial charge is 0.494 e. The van der Waals surface area contributed by atoms with Crippen LogP contribution in [0.1, 0.15) is 27.2 Å². The molecule has 0 aliphatic heterocycles. The first kappa shape index (κ1) is 12.8. The first-order valence-electron chi connectivity index (χ1n) is 5.69. The van der Waals surface area contributed by atoms with E-state index >= 15 is 0 Å². The second-order valence-corrected chi connectivity index (χ2v) is 3.92.